The summed E-state index contributed by atoms with van der Waals surface area (Å²) in [7, 11) is 1.93. The number of nitriles is 1. The highest BCUT2D eigenvalue weighted by Crippen LogP contribution is 2.50. The molecule has 5 rings (SSSR count). The van der Waals surface area contributed by atoms with Gasteiger partial charge in [-0.25, -0.2) is 4.98 Å². The number of anilines is 1. The van der Waals surface area contributed by atoms with Crippen LogP contribution in [-0.4, -0.2) is 31.7 Å². The minimum absolute atomic E-state index is 0.358. The Kier molecular flexibility index (Phi) is 3.54. The summed E-state index contributed by atoms with van der Waals surface area (Å²) in [4.78, 5) is 7.44. The van der Waals surface area contributed by atoms with Gasteiger partial charge in [0, 0.05) is 54.6 Å². The number of nitrogen functional groups attached to an aromatic ring is 1. The van der Waals surface area contributed by atoms with Crippen molar-refractivity contribution in [1.29, 1.82) is 5.26 Å². The summed E-state index contributed by atoms with van der Waals surface area (Å²) in [6.07, 6.45) is 10.4. The number of hydrogen-bond donors (Lipinski definition) is 1. The quantitative estimate of drug-likeness (QED) is 0.902. The Hall–Kier alpha value is -2.39. The third-order valence-electron chi connectivity index (χ3n) is 6.59. The minimum atomic E-state index is 0.358. The van der Waals surface area contributed by atoms with Crippen molar-refractivity contribution in [2.45, 2.75) is 63.1 Å². The minimum Gasteiger partial charge on any atom is -0.383 e. The topological polar surface area (TPSA) is 83.8 Å². The maximum Gasteiger partial charge on any atom is 0.142 e. The van der Waals surface area contributed by atoms with Crippen LogP contribution >= 0.6 is 0 Å². The number of pyridine rings is 1. The average molecular weight is 348 g/mol. The smallest absolute Gasteiger partial charge is 0.142 e. The van der Waals surface area contributed by atoms with Gasteiger partial charge in [0.25, 0.3) is 0 Å². The molecule has 0 unspecified atom stereocenters. The second-order valence-electron chi connectivity index (χ2n) is 7.90. The second-order valence-corrected chi connectivity index (χ2v) is 7.90. The number of nitrogens with two attached hydrogens (primary N) is 1. The molecular weight excluding hydrogens is 324 g/mol. The molecule has 26 heavy (non-hydrogen) atoms. The van der Waals surface area contributed by atoms with Crippen molar-refractivity contribution in [2.75, 3.05) is 5.73 Å². The molecule has 6 heteroatoms. The molecule has 0 amide bonds. The lowest BCUT2D eigenvalue weighted by Gasteiger charge is -2.41. The molecule has 0 radical (unpaired) electrons. The Labute approximate surface area is 153 Å². The summed E-state index contributed by atoms with van der Waals surface area (Å²) in [6.45, 7) is 0. The number of nitrogens with zero attached hydrogens (tertiary/aromatic N) is 5. The highest BCUT2D eigenvalue weighted by molar-refractivity contribution is 5.78. The first-order valence-electron chi connectivity index (χ1n) is 9.67. The Balaban J connectivity index is 1.73. The zero-order valence-electron chi connectivity index (χ0n) is 15.1. The van der Waals surface area contributed by atoms with Gasteiger partial charge in [-0.2, -0.15) is 10.4 Å². The van der Waals surface area contributed by atoms with E-state index >= 15 is 0 Å². The molecule has 3 aliphatic rings. The van der Waals surface area contributed by atoms with Crippen LogP contribution in [0.25, 0.3) is 11.3 Å². The molecule has 2 N–H and O–H groups in total. The van der Waals surface area contributed by atoms with E-state index in [0.29, 0.717) is 29.5 Å². The second kappa shape index (κ2) is 5.82. The van der Waals surface area contributed by atoms with Crippen LogP contribution in [0.15, 0.2) is 12.3 Å². The molecule has 2 fully saturated rings. The van der Waals surface area contributed by atoms with E-state index < -0.39 is 0 Å². The van der Waals surface area contributed by atoms with Crippen molar-refractivity contribution in [3.63, 3.8) is 0 Å². The summed E-state index contributed by atoms with van der Waals surface area (Å²) >= 11 is 0. The van der Waals surface area contributed by atoms with Gasteiger partial charge < -0.3 is 5.73 Å². The van der Waals surface area contributed by atoms with Crippen LogP contribution in [0.1, 0.15) is 61.4 Å². The van der Waals surface area contributed by atoms with E-state index in [-0.39, 0.29) is 0 Å². The lowest BCUT2D eigenvalue weighted by molar-refractivity contribution is 0.116. The normalized spacial score (nSPS) is 25.4. The number of aromatic nitrogens is 3. The predicted molar refractivity (Wildman–Crippen MR) is 99.1 cm³/mol. The zero-order chi connectivity index (χ0) is 17.8. The average Bonchev–Trinajstić information content (AvgIpc) is 3.34. The first kappa shape index (κ1) is 15.8. The third kappa shape index (κ3) is 2.13. The molecule has 6 nitrogen and oxygen atoms in total. The van der Waals surface area contributed by atoms with Crippen molar-refractivity contribution in [1.82, 2.24) is 19.7 Å². The van der Waals surface area contributed by atoms with Crippen LogP contribution in [0.3, 0.4) is 0 Å². The Bertz CT molecular complexity index is 902. The van der Waals surface area contributed by atoms with Gasteiger partial charge in [0.1, 0.15) is 17.5 Å². The monoisotopic (exact) mass is 348 g/mol. The van der Waals surface area contributed by atoms with Crippen LogP contribution in [0.2, 0.25) is 0 Å². The number of hydrogen-bond acceptors (Lipinski definition) is 5. The van der Waals surface area contributed by atoms with E-state index in [1.54, 1.807) is 6.20 Å². The summed E-state index contributed by atoms with van der Waals surface area (Å²) in [6, 6.07) is 5.93. The predicted octanol–water partition coefficient (Wildman–Crippen LogP) is 2.94. The van der Waals surface area contributed by atoms with Crippen molar-refractivity contribution in [3.8, 4) is 17.3 Å². The van der Waals surface area contributed by atoms with E-state index in [9.17, 15) is 5.26 Å². The van der Waals surface area contributed by atoms with E-state index in [2.05, 4.69) is 21.1 Å². The lowest BCUT2D eigenvalue weighted by atomic mass is 9.87. The van der Waals surface area contributed by atoms with Crippen LogP contribution < -0.4 is 5.73 Å². The van der Waals surface area contributed by atoms with Crippen LogP contribution in [-0.2, 0) is 13.5 Å². The van der Waals surface area contributed by atoms with E-state index in [4.69, 9.17) is 5.73 Å². The van der Waals surface area contributed by atoms with Crippen LogP contribution in [0.4, 0.5) is 5.82 Å². The van der Waals surface area contributed by atoms with E-state index in [1.165, 1.54) is 37.7 Å². The van der Waals surface area contributed by atoms with Crippen molar-refractivity contribution >= 4 is 5.82 Å². The molecule has 1 saturated heterocycles. The molecule has 134 valence electrons. The highest BCUT2D eigenvalue weighted by Gasteiger charge is 2.46. The van der Waals surface area contributed by atoms with Gasteiger partial charge in [0.2, 0.25) is 0 Å². The summed E-state index contributed by atoms with van der Waals surface area (Å²) in [5, 5.41) is 14.2. The maximum atomic E-state index is 9.82. The third-order valence-corrected chi connectivity index (χ3v) is 6.59. The van der Waals surface area contributed by atoms with Gasteiger partial charge in [-0.05, 0) is 31.7 Å². The number of aryl methyl sites for hydroxylation is 1. The molecule has 0 aromatic carbocycles. The van der Waals surface area contributed by atoms with Gasteiger partial charge in [0.15, 0.2) is 0 Å². The molecule has 1 saturated carbocycles. The summed E-state index contributed by atoms with van der Waals surface area (Å²) in [5.41, 5.74) is 11.0. The summed E-state index contributed by atoms with van der Waals surface area (Å²) < 4.78 is 1.84. The first-order chi connectivity index (χ1) is 12.7. The van der Waals surface area contributed by atoms with E-state index in [1.807, 2.05) is 17.8 Å². The molecule has 2 aromatic heterocycles. The van der Waals surface area contributed by atoms with Crippen LogP contribution in [0, 0.1) is 11.3 Å². The summed E-state index contributed by atoms with van der Waals surface area (Å²) in [5.74, 6) is 0.358. The van der Waals surface area contributed by atoms with Gasteiger partial charge in [-0.3, -0.25) is 9.58 Å². The van der Waals surface area contributed by atoms with Gasteiger partial charge in [0.05, 0.1) is 5.69 Å². The fourth-order valence-electron chi connectivity index (χ4n) is 5.56. The Morgan fingerprint density at radius 3 is 2.69 bits per heavy atom. The zero-order valence-corrected chi connectivity index (χ0v) is 15.1. The molecule has 1 aliphatic carbocycles. The molecular formula is C20H24N6. The van der Waals surface area contributed by atoms with Gasteiger partial charge >= 0.3 is 0 Å². The fraction of sp³-hybridized carbons (Fsp3) is 0.550. The molecule has 2 bridgehead atoms. The van der Waals surface area contributed by atoms with Crippen molar-refractivity contribution in [2.24, 2.45) is 7.05 Å². The Morgan fingerprint density at radius 2 is 2.00 bits per heavy atom. The number of rotatable bonds is 2. The SMILES string of the molecule is Cn1nccc1-c1c(C#N)c(N)nc2c1[C@H]1CC[C@@H](C2)N1C1CCCC1. The van der Waals surface area contributed by atoms with Crippen molar-refractivity contribution in [3.05, 3.63) is 29.1 Å². The first-order valence-corrected chi connectivity index (χ1v) is 9.67. The molecule has 2 aliphatic heterocycles. The number of fused-ring (bicyclic) bond motifs is 4. The van der Waals surface area contributed by atoms with Gasteiger partial charge in [-0.15, -0.1) is 0 Å². The molecule has 2 aromatic rings. The molecule has 0 spiro atoms. The standard InChI is InChI=1S/C20H24N6/c1-25-16(8-9-23-25)18-14(11-21)20(22)24-15-10-13-6-7-17(19(15)18)26(13)12-4-2-3-5-12/h8-9,12-13,17H,2-7,10H2,1H3,(H2,22,24)/t13-,17+/m0/s1. The van der Waals surface area contributed by atoms with Crippen LogP contribution in [0.5, 0.6) is 0 Å². The van der Waals surface area contributed by atoms with Gasteiger partial charge in [-0.1, -0.05) is 12.8 Å². The van der Waals surface area contributed by atoms with E-state index in [0.717, 1.165) is 29.8 Å². The lowest BCUT2D eigenvalue weighted by Crippen LogP contribution is -2.44. The largest absolute Gasteiger partial charge is 0.383 e. The molecule has 2 atom stereocenters. The Morgan fingerprint density at radius 1 is 1.19 bits per heavy atom. The molecule has 4 heterocycles. The highest BCUT2D eigenvalue weighted by atomic mass is 15.3. The fourth-order valence-corrected chi connectivity index (χ4v) is 5.56. The van der Waals surface area contributed by atoms with Crippen molar-refractivity contribution < 1.29 is 0 Å². The maximum absolute atomic E-state index is 9.82.